The molecule has 7 nitrogen and oxygen atoms in total. The quantitative estimate of drug-likeness (QED) is 0.471. The van der Waals surface area contributed by atoms with E-state index in [0.717, 1.165) is 10.0 Å². The molecule has 8 heteroatoms. The van der Waals surface area contributed by atoms with E-state index in [4.69, 9.17) is 4.42 Å². The molecule has 0 bridgehead atoms. The summed E-state index contributed by atoms with van der Waals surface area (Å²) in [5.41, 5.74) is 1.49. The van der Waals surface area contributed by atoms with Gasteiger partial charge in [0.2, 0.25) is 11.8 Å². The van der Waals surface area contributed by atoms with E-state index in [2.05, 4.69) is 31.9 Å². The Morgan fingerprint density at radius 3 is 2.33 bits per heavy atom. The van der Waals surface area contributed by atoms with Gasteiger partial charge in [-0.3, -0.25) is 14.4 Å². The van der Waals surface area contributed by atoms with Crippen molar-refractivity contribution in [2.45, 2.75) is 12.5 Å². The number of halogens is 1. The zero-order valence-electron chi connectivity index (χ0n) is 15.9. The van der Waals surface area contributed by atoms with E-state index < -0.39 is 17.9 Å². The fourth-order valence-corrected chi connectivity index (χ4v) is 2.99. The van der Waals surface area contributed by atoms with E-state index in [0.29, 0.717) is 5.69 Å². The van der Waals surface area contributed by atoms with E-state index in [1.165, 1.54) is 12.3 Å². The molecule has 1 heterocycles. The van der Waals surface area contributed by atoms with Gasteiger partial charge in [-0.2, -0.15) is 0 Å². The maximum atomic E-state index is 12.7. The number of amides is 3. The highest BCUT2D eigenvalue weighted by Gasteiger charge is 2.23. The van der Waals surface area contributed by atoms with Crippen LogP contribution in [0.15, 0.2) is 81.9 Å². The van der Waals surface area contributed by atoms with Crippen molar-refractivity contribution in [1.82, 2.24) is 10.6 Å². The number of anilines is 1. The second-order valence-electron chi connectivity index (χ2n) is 6.47. The number of carbonyl (C=O) groups is 3. The Bertz CT molecular complexity index is 989. The second-order valence-corrected chi connectivity index (χ2v) is 7.38. The average molecular weight is 470 g/mol. The molecule has 0 aliphatic heterocycles. The van der Waals surface area contributed by atoms with Crippen LogP contribution in [0.5, 0.6) is 0 Å². The standard InChI is InChI=1S/C22H20BrN3O4/c23-16-8-10-17(11-9-16)25-20(27)14-24-21(28)18(13-15-5-2-1-3-6-15)26-22(29)19-7-4-12-30-19/h1-12,18H,13-14H2,(H,24,28)(H,25,27)(H,26,29). The normalized spacial score (nSPS) is 11.4. The fourth-order valence-electron chi connectivity index (χ4n) is 2.73. The van der Waals surface area contributed by atoms with Crippen LogP contribution in [0.1, 0.15) is 16.1 Å². The highest BCUT2D eigenvalue weighted by molar-refractivity contribution is 9.10. The topological polar surface area (TPSA) is 100 Å². The van der Waals surface area contributed by atoms with Gasteiger partial charge in [0.15, 0.2) is 5.76 Å². The van der Waals surface area contributed by atoms with Crippen LogP contribution in [-0.2, 0) is 16.0 Å². The number of furan rings is 1. The summed E-state index contributed by atoms with van der Waals surface area (Å²) in [6, 6.07) is 18.6. The van der Waals surface area contributed by atoms with Gasteiger partial charge in [0.25, 0.3) is 5.91 Å². The summed E-state index contributed by atoms with van der Waals surface area (Å²) in [4.78, 5) is 37.2. The van der Waals surface area contributed by atoms with Crippen LogP contribution in [-0.4, -0.2) is 30.3 Å². The Kier molecular flexibility index (Phi) is 7.40. The largest absolute Gasteiger partial charge is 0.459 e. The van der Waals surface area contributed by atoms with E-state index in [1.807, 2.05) is 30.3 Å². The molecule has 3 rings (SSSR count). The molecule has 3 N–H and O–H groups in total. The van der Waals surface area contributed by atoms with Crippen molar-refractivity contribution in [2.24, 2.45) is 0 Å². The zero-order chi connectivity index (χ0) is 21.3. The number of rotatable bonds is 8. The Morgan fingerprint density at radius 1 is 0.933 bits per heavy atom. The first-order chi connectivity index (χ1) is 14.5. The second kappa shape index (κ2) is 10.4. The molecule has 0 saturated heterocycles. The number of benzene rings is 2. The Labute approximate surface area is 182 Å². The molecule has 0 saturated carbocycles. The third kappa shape index (κ3) is 6.31. The van der Waals surface area contributed by atoms with Gasteiger partial charge in [0.1, 0.15) is 6.04 Å². The average Bonchev–Trinajstić information content (AvgIpc) is 3.29. The van der Waals surface area contributed by atoms with Gasteiger partial charge in [-0.15, -0.1) is 0 Å². The van der Waals surface area contributed by atoms with E-state index in [1.54, 1.807) is 30.3 Å². The van der Waals surface area contributed by atoms with Gasteiger partial charge in [-0.1, -0.05) is 46.3 Å². The van der Waals surface area contributed by atoms with Crippen LogP contribution in [0.2, 0.25) is 0 Å². The predicted molar refractivity (Wildman–Crippen MR) is 116 cm³/mol. The van der Waals surface area contributed by atoms with Gasteiger partial charge in [-0.05, 0) is 42.0 Å². The van der Waals surface area contributed by atoms with Crippen LogP contribution in [0.4, 0.5) is 5.69 Å². The van der Waals surface area contributed by atoms with Crippen molar-refractivity contribution in [3.05, 3.63) is 88.8 Å². The fraction of sp³-hybridized carbons (Fsp3) is 0.136. The molecule has 0 radical (unpaired) electrons. The van der Waals surface area contributed by atoms with Crippen LogP contribution in [0.3, 0.4) is 0 Å². The summed E-state index contributed by atoms with van der Waals surface area (Å²) in [6.07, 6.45) is 1.65. The predicted octanol–water partition coefficient (Wildman–Crippen LogP) is 3.14. The number of nitrogens with one attached hydrogen (secondary N) is 3. The molecule has 3 aromatic rings. The van der Waals surface area contributed by atoms with Crippen LogP contribution >= 0.6 is 15.9 Å². The number of carbonyl (C=O) groups excluding carboxylic acids is 3. The van der Waals surface area contributed by atoms with Crippen molar-refractivity contribution >= 4 is 39.3 Å². The highest BCUT2D eigenvalue weighted by atomic mass is 79.9. The van der Waals surface area contributed by atoms with E-state index in [9.17, 15) is 14.4 Å². The minimum atomic E-state index is -0.870. The van der Waals surface area contributed by atoms with Crippen molar-refractivity contribution in [2.75, 3.05) is 11.9 Å². The van der Waals surface area contributed by atoms with Gasteiger partial charge in [0, 0.05) is 16.6 Å². The molecule has 1 aromatic heterocycles. The van der Waals surface area contributed by atoms with Crippen molar-refractivity contribution in [3.8, 4) is 0 Å². The Hall–Kier alpha value is -3.39. The summed E-state index contributed by atoms with van der Waals surface area (Å²) in [6.45, 7) is -0.225. The zero-order valence-corrected chi connectivity index (χ0v) is 17.5. The number of hydrogen-bond donors (Lipinski definition) is 3. The van der Waals surface area contributed by atoms with Gasteiger partial charge < -0.3 is 20.4 Å². The number of hydrogen-bond acceptors (Lipinski definition) is 4. The summed E-state index contributed by atoms with van der Waals surface area (Å²) in [5.74, 6) is -1.24. The molecule has 154 valence electrons. The highest BCUT2D eigenvalue weighted by Crippen LogP contribution is 2.13. The molecule has 0 spiro atoms. The minimum absolute atomic E-state index is 0.105. The first-order valence-electron chi connectivity index (χ1n) is 9.22. The van der Waals surface area contributed by atoms with E-state index in [-0.39, 0.29) is 24.6 Å². The Balaban J connectivity index is 1.61. The van der Waals surface area contributed by atoms with Crippen LogP contribution < -0.4 is 16.0 Å². The summed E-state index contributed by atoms with van der Waals surface area (Å²) in [5, 5.41) is 7.94. The third-order valence-electron chi connectivity index (χ3n) is 4.20. The first kappa shape index (κ1) is 21.3. The van der Waals surface area contributed by atoms with Crippen molar-refractivity contribution in [1.29, 1.82) is 0 Å². The van der Waals surface area contributed by atoms with Gasteiger partial charge >= 0.3 is 0 Å². The molecule has 1 unspecified atom stereocenters. The minimum Gasteiger partial charge on any atom is -0.459 e. The smallest absolute Gasteiger partial charge is 0.287 e. The maximum absolute atomic E-state index is 12.7. The maximum Gasteiger partial charge on any atom is 0.287 e. The molecular weight excluding hydrogens is 450 g/mol. The molecule has 3 amide bonds. The molecule has 1 atom stereocenters. The summed E-state index contributed by atoms with van der Waals surface area (Å²) < 4.78 is 5.98. The van der Waals surface area contributed by atoms with Crippen LogP contribution in [0.25, 0.3) is 0 Å². The van der Waals surface area contributed by atoms with Gasteiger partial charge in [0.05, 0.1) is 12.8 Å². The third-order valence-corrected chi connectivity index (χ3v) is 4.73. The molecule has 0 fully saturated rings. The van der Waals surface area contributed by atoms with Crippen molar-refractivity contribution < 1.29 is 18.8 Å². The van der Waals surface area contributed by atoms with E-state index >= 15 is 0 Å². The van der Waals surface area contributed by atoms with Crippen LogP contribution in [0, 0.1) is 0 Å². The lowest BCUT2D eigenvalue weighted by atomic mass is 10.1. The summed E-state index contributed by atoms with van der Waals surface area (Å²) in [7, 11) is 0. The molecule has 30 heavy (non-hydrogen) atoms. The van der Waals surface area contributed by atoms with Crippen molar-refractivity contribution in [3.63, 3.8) is 0 Å². The lowest BCUT2D eigenvalue weighted by molar-refractivity contribution is -0.125. The molecule has 0 aliphatic carbocycles. The first-order valence-corrected chi connectivity index (χ1v) is 10.0. The lowest BCUT2D eigenvalue weighted by Gasteiger charge is -2.18. The monoisotopic (exact) mass is 469 g/mol. The Morgan fingerprint density at radius 2 is 1.67 bits per heavy atom. The lowest BCUT2D eigenvalue weighted by Crippen LogP contribution is -2.49. The van der Waals surface area contributed by atoms with Gasteiger partial charge in [-0.25, -0.2) is 0 Å². The molecule has 2 aromatic carbocycles. The molecule has 0 aliphatic rings. The summed E-state index contributed by atoms with van der Waals surface area (Å²) >= 11 is 3.33. The molecular formula is C22H20BrN3O4. The SMILES string of the molecule is O=C(CNC(=O)C(Cc1ccccc1)NC(=O)c1ccco1)Nc1ccc(Br)cc1.